The van der Waals surface area contributed by atoms with Crippen molar-refractivity contribution in [3.63, 3.8) is 0 Å². The molecule has 2 nitrogen and oxygen atoms in total. The van der Waals surface area contributed by atoms with E-state index in [1.54, 1.807) is 29.0 Å². The fraction of sp³-hybridized carbons (Fsp3) is 0. The lowest BCUT2D eigenvalue weighted by molar-refractivity contribution is 0.112. The van der Waals surface area contributed by atoms with Crippen molar-refractivity contribution in [2.45, 2.75) is 0 Å². The molecule has 0 spiro atoms. The Balaban J connectivity index is 2.37. The molecule has 3 aromatic rings. The summed E-state index contributed by atoms with van der Waals surface area (Å²) in [6, 6.07) is 14.0. The summed E-state index contributed by atoms with van der Waals surface area (Å²) in [7, 11) is 0. The number of rotatable bonds is 2. The average molecular weight is 239 g/mol. The lowest BCUT2D eigenvalue weighted by Crippen LogP contribution is -1.95. The molecule has 0 fully saturated rings. The number of nitrogens with zero attached hydrogens (tertiary/aromatic N) is 1. The molecule has 0 aliphatic heterocycles. The monoisotopic (exact) mass is 239 g/mol. The Labute approximate surface area is 103 Å². The number of carbonyl (C=O) groups excluding carboxylic acids is 1. The van der Waals surface area contributed by atoms with Gasteiger partial charge in [0.1, 0.15) is 5.82 Å². The molecule has 2 aromatic carbocycles. The summed E-state index contributed by atoms with van der Waals surface area (Å²) in [5, 5.41) is 0.829. The normalized spacial score (nSPS) is 10.7. The number of hydrogen-bond acceptors (Lipinski definition) is 1. The zero-order chi connectivity index (χ0) is 12.5. The van der Waals surface area contributed by atoms with Crippen LogP contribution in [0.5, 0.6) is 0 Å². The zero-order valence-corrected chi connectivity index (χ0v) is 9.51. The molecule has 88 valence electrons. The van der Waals surface area contributed by atoms with Crippen LogP contribution in [0.1, 0.15) is 10.4 Å². The Bertz CT molecular complexity index is 730. The highest BCUT2D eigenvalue weighted by Crippen LogP contribution is 2.24. The van der Waals surface area contributed by atoms with Gasteiger partial charge in [-0.3, -0.25) is 4.79 Å². The summed E-state index contributed by atoms with van der Waals surface area (Å²) in [6.07, 6.45) is 2.45. The highest BCUT2D eigenvalue weighted by atomic mass is 19.1. The van der Waals surface area contributed by atoms with Crippen molar-refractivity contribution in [2.24, 2.45) is 0 Å². The topological polar surface area (TPSA) is 22.0 Å². The molecule has 3 heteroatoms. The number of benzene rings is 2. The zero-order valence-electron chi connectivity index (χ0n) is 9.51. The number of hydrogen-bond donors (Lipinski definition) is 0. The van der Waals surface area contributed by atoms with Crippen LogP contribution in [0, 0.1) is 5.82 Å². The van der Waals surface area contributed by atoms with Crippen LogP contribution >= 0.6 is 0 Å². The predicted octanol–water partition coefficient (Wildman–Crippen LogP) is 3.58. The summed E-state index contributed by atoms with van der Waals surface area (Å²) in [5.41, 5.74) is 1.83. The highest BCUT2D eigenvalue weighted by molar-refractivity contribution is 5.98. The predicted molar refractivity (Wildman–Crippen MR) is 68.6 cm³/mol. The van der Waals surface area contributed by atoms with Gasteiger partial charge in [-0.05, 0) is 18.2 Å². The third kappa shape index (κ3) is 1.52. The maximum atomic E-state index is 13.8. The molecule has 0 saturated heterocycles. The number of carbonyl (C=O) groups is 1. The first-order chi connectivity index (χ1) is 8.81. The van der Waals surface area contributed by atoms with Gasteiger partial charge in [-0.2, -0.15) is 0 Å². The van der Waals surface area contributed by atoms with Crippen molar-refractivity contribution in [1.29, 1.82) is 0 Å². The van der Waals surface area contributed by atoms with E-state index in [9.17, 15) is 9.18 Å². The van der Waals surface area contributed by atoms with Crippen molar-refractivity contribution in [3.8, 4) is 5.69 Å². The van der Waals surface area contributed by atoms with Crippen molar-refractivity contribution in [3.05, 3.63) is 66.1 Å². The summed E-state index contributed by atoms with van der Waals surface area (Å²) in [4.78, 5) is 11.0. The van der Waals surface area contributed by atoms with Gasteiger partial charge in [0.15, 0.2) is 6.29 Å². The minimum atomic E-state index is -0.310. The van der Waals surface area contributed by atoms with Gasteiger partial charge in [0.05, 0.1) is 11.2 Å². The van der Waals surface area contributed by atoms with Gasteiger partial charge in [-0.1, -0.05) is 30.3 Å². The SMILES string of the molecule is O=Cc1cn(-c2ccccc2F)c2ccccc12. The molecule has 0 radical (unpaired) electrons. The van der Waals surface area contributed by atoms with Gasteiger partial charge in [0.2, 0.25) is 0 Å². The lowest BCUT2D eigenvalue weighted by atomic mass is 10.2. The summed E-state index contributed by atoms with van der Waals surface area (Å²) in [5.74, 6) is -0.310. The van der Waals surface area contributed by atoms with Crippen LogP contribution in [0.3, 0.4) is 0 Å². The fourth-order valence-corrected chi connectivity index (χ4v) is 2.15. The maximum absolute atomic E-state index is 13.8. The molecular weight excluding hydrogens is 229 g/mol. The molecule has 3 rings (SSSR count). The number of para-hydroxylation sites is 2. The van der Waals surface area contributed by atoms with Crippen LogP contribution in [-0.4, -0.2) is 10.9 Å². The minimum absolute atomic E-state index is 0.310. The first kappa shape index (κ1) is 10.7. The number of aromatic nitrogens is 1. The van der Waals surface area contributed by atoms with Crippen molar-refractivity contribution in [1.82, 2.24) is 4.57 Å². The minimum Gasteiger partial charge on any atom is -0.313 e. The first-order valence-corrected chi connectivity index (χ1v) is 5.61. The molecule has 0 unspecified atom stereocenters. The smallest absolute Gasteiger partial charge is 0.152 e. The van der Waals surface area contributed by atoms with Crippen molar-refractivity contribution in [2.75, 3.05) is 0 Å². The Morgan fingerprint density at radius 3 is 2.50 bits per heavy atom. The van der Waals surface area contributed by atoms with Gasteiger partial charge < -0.3 is 4.57 Å². The summed E-state index contributed by atoms with van der Waals surface area (Å²) >= 11 is 0. The molecule has 1 aromatic heterocycles. The molecule has 0 N–H and O–H groups in total. The van der Waals surface area contributed by atoms with E-state index in [0.29, 0.717) is 11.3 Å². The molecule has 0 saturated carbocycles. The van der Waals surface area contributed by atoms with Gasteiger partial charge in [0, 0.05) is 17.1 Å². The third-order valence-electron chi connectivity index (χ3n) is 2.98. The van der Waals surface area contributed by atoms with Gasteiger partial charge >= 0.3 is 0 Å². The second-order valence-corrected chi connectivity index (χ2v) is 4.04. The average Bonchev–Trinajstić information content (AvgIpc) is 2.78. The third-order valence-corrected chi connectivity index (χ3v) is 2.98. The van der Waals surface area contributed by atoms with E-state index in [0.717, 1.165) is 17.2 Å². The van der Waals surface area contributed by atoms with Crippen molar-refractivity contribution < 1.29 is 9.18 Å². The van der Waals surface area contributed by atoms with Crippen LogP contribution in [0.2, 0.25) is 0 Å². The summed E-state index contributed by atoms with van der Waals surface area (Å²) in [6.45, 7) is 0. The molecular formula is C15H10FNO. The Kier molecular flexibility index (Phi) is 2.45. The molecule has 18 heavy (non-hydrogen) atoms. The summed E-state index contributed by atoms with van der Waals surface area (Å²) < 4.78 is 15.5. The fourth-order valence-electron chi connectivity index (χ4n) is 2.15. The number of fused-ring (bicyclic) bond motifs is 1. The molecule has 0 aliphatic carbocycles. The van der Waals surface area contributed by atoms with Gasteiger partial charge in [-0.25, -0.2) is 4.39 Å². The van der Waals surface area contributed by atoms with E-state index in [2.05, 4.69) is 0 Å². The maximum Gasteiger partial charge on any atom is 0.152 e. The molecule has 1 heterocycles. The Hall–Kier alpha value is -2.42. The standard InChI is InChI=1S/C15H10FNO/c16-13-6-2-4-8-15(13)17-9-11(10-18)12-5-1-3-7-14(12)17/h1-10H. The van der Waals surface area contributed by atoms with E-state index in [1.807, 2.05) is 24.3 Å². The second kappa shape index (κ2) is 4.11. The largest absolute Gasteiger partial charge is 0.313 e. The van der Waals surface area contributed by atoms with Crippen molar-refractivity contribution >= 4 is 17.2 Å². The first-order valence-electron chi connectivity index (χ1n) is 5.61. The van der Waals surface area contributed by atoms with E-state index >= 15 is 0 Å². The lowest BCUT2D eigenvalue weighted by Gasteiger charge is -2.05. The number of halogens is 1. The van der Waals surface area contributed by atoms with Crippen LogP contribution in [-0.2, 0) is 0 Å². The van der Waals surface area contributed by atoms with E-state index in [1.165, 1.54) is 6.07 Å². The van der Waals surface area contributed by atoms with Crippen LogP contribution in [0.4, 0.5) is 4.39 Å². The van der Waals surface area contributed by atoms with E-state index in [4.69, 9.17) is 0 Å². The van der Waals surface area contributed by atoms with Gasteiger partial charge in [-0.15, -0.1) is 0 Å². The molecule has 0 amide bonds. The van der Waals surface area contributed by atoms with Crippen LogP contribution in [0.15, 0.2) is 54.7 Å². The van der Waals surface area contributed by atoms with E-state index in [-0.39, 0.29) is 5.82 Å². The van der Waals surface area contributed by atoms with E-state index < -0.39 is 0 Å². The molecule has 0 bridgehead atoms. The molecule has 0 aliphatic rings. The Morgan fingerprint density at radius 1 is 1.00 bits per heavy atom. The quantitative estimate of drug-likeness (QED) is 0.626. The number of aldehydes is 1. The second-order valence-electron chi connectivity index (χ2n) is 4.04. The van der Waals surface area contributed by atoms with Crippen LogP contribution < -0.4 is 0 Å². The Morgan fingerprint density at radius 2 is 1.72 bits per heavy atom. The molecule has 0 atom stereocenters. The highest BCUT2D eigenvalue weighted by Gasteiger charge is 2.10. The van der Waals surface area contributed by atoms with Gasteiger partial charge in [0.25, 0.3) is 0 Å². The van der Waals surface area contributed by atoms with Crippen LogP contribution in [0.25, 0.3) is 16.6 Å².